The van der Waals surface area contributed by atoms with Crippen LogP contribution in [0.5, 0.6) is 0 Å². The molecule has 0 rings (SSSR count). The maximum Gasteiger partial charge on any atom is 0.272 e. The number of hydrogen-bond donors (Lipinski definition) is 0. The highest BCUT2D eigenvalue weighted by molar-refractivity contribution is 5.91. The molecule has 0 fully saturated rings. The molecule has 16 heavy (non-hydrogen) atoms. The monoisotopic (exact) mass is 227 g/mol. The minimum Gasteiger partial charge on any atom is -0.274 e. The zero-order valence-corrected chi connectivity index (χ0v) is 11.1. The van der Waals surface area contributed by atoms with E-state index >= 15 is 0 Å². The minimum absolute atomic E-state index is 0.0592. The molecule has 0 spiro atoms. The summed E-state index contributed by atoms with van der Waals surface area (Å²) in [6.07, 6.45) is 9.30. The normalized spacial score (nSPS) is 11.6. The lowest BCUT2D eigenvalue weighted by atomic mass is 10.1. The average molecular weight is 227 g/mol. The number of amides is 1. The summed E-state index contributed by atoms with van der Waals surface area (Å²) in [5, 5.41) is 1.25. The van der Waals surface area contributed by atoms with Crippen LogP contribution < -0.4 is 0 Å². The Hall–Kier alpha value is -0.830. The first-order valence-corrected chi connectivity index (χ1v) is 6.12. The third-order valence-corrected chi connectivity index (χ3v) is 2.66. The van der Waals surface area contributed by atoms with Gasteiger partial charge in [0.1, 0.15) is 0 Å². The van der Waals surface area contributed by atoms with Gasteiger partial charge in [0, 0.05) is 12.6 Å². The second-order valence-corrected chi connectivity index (χ2v) is 4.08. The molecular formula is C13H25NO2. The van der Waals surface area contributed by atoms with E-state index in [2.05, 4.69) is 6.92 Å². The molecule has 0 unspecified atom stereocenters. The minimum atomic E-state index is -0.0592. The molecule has 3 heteroatoms. The van der Waals surface area contributed by atoms with Crippen molar-refractivity contribution in [1.29, 1.82) is 0 Å². The third kappa shape index (κ3) is 6.62. The molecule has 1 amide bonds. The summed E-state index contributed by atoms with van der Waals surface area (Å²) in [6.45, 7) is 4.05. The Bertz CT molecular complexity index is 224. The van der Waals surface area contributed by atoms with E-state index in [0.29, 0.717) is 0 Å². The molecule has 0 aliphatic rings. The molecule has 0 aromatic heterocycles. The topological polar surface area (TPSA) is 29.5 Å². The van der Waals surface area contributed by atoms with Crippen LogP contribution in [0.15, 0.2) is 11.6 Å². The van der Waals surface area contributed by atoms with E-state index in [0.717, 1.165) is 12.0 Å². The van der Waals surface area contributed by atoms with Crippen molar-refractivity contribution in [2.45, 2.75) is 52.4 Å². The summed E-state index contributed by atoms with van der Waals surface area (Å²) in [7, 11) is 3.12. The largest absolute Gasteiger partial charge is 0.274 e. The summed E-state index contributed by atoms with van der Waals surface area (Å²) in [5.41, 5.74) is 0.764. The Kier molecular flexibility index (Phi) is 8.91. The van der Waals surface area contributed by atoms with Crippen molar-refractivity contribution >= 4 is 5.91 Å². The van der Waals surface area contributed by atoms with Crippen molar-refractivity contribution in [1.82, 2.24) is 5.06 Å². The Morgan fingerprint density at radius 2 is 1.88 bits per heavy atom. The molecular weight excluding hydrogens is 202 g/mol. The second-order valence-electron chi connectivity index (χ2n) is 4.08. The van der Waals surface area contributed by atoms with E-state index in [1.54, 1.807) is 7.05 Å². The van der Waals surface area contributed by atoms with Gasteiger partial charge < -0.3 is 0 Å². The number of hydroxylamine groups is 2. The number of nitrogens with zero attached hydrogens (tertiary/aromatic N) is 1. The zero-order chi connectivity index (χ0) is 12.4. The van der Waals surface area contributed by atoms with Crippen molar-refractivity contribution < 1.29 is 9.63 Å². The SMILES string of the molecule is CCCCCCC/C=C(/C)C(=O)N(C)OC. The van der Waals surface area contributed by atoms with Crippen LogP contribution in [0.2, 0.25) is 0 Å². The maximum absolute atomic E-state index is 11.6. The van der Waals surface area contributed by atoms with Gasteiger partial charge in [0.15, 0.2) is 0 Å². The third-order valence-electron chi connectivity index (χ3n) is 2.66. The number of likely N-dealkylation sites (N-methyl/N-ethyl adjacent to an activating group) is 1. The number of allylic oxidation sites excluding steroid dienone is 1. The smallest absolute Gasteiger partial charge is 0.272 e. The fourth-order valence-electron chi connectivity index (χ4n) is 1.49. The van der Waals surface area contributed by atoms with Gasteiger partial charge in [-0.05, 0) is 19.8 Å². The molecule has 0 radical (unpaired) electrons. The van der Waals surface area contributed by atoms with Crippen LogP contribution in [0.1, 0.15) is 52.4 Å². The van der Waals surface area contributed by atoms with Crippen molar-refractivity contribution in [3.8, 4) is 0 Å². The van der Waals surface area contributed by atoms with E-state index < -0.39 is 0 Å². The lowest BCUT2D eigenvalue weighted by Crippen LogP contribution is -2.25. The van der Waals surface area contributed by atoms with Gasteiger partial charge in [-0.1, -0.05) is 38.7 Å². The van der Waals surface area contributed by atoms with Gasteiger partial charge >= 0.3 is 0 Å². The highest BCUT2D eigenvalue weighted by atomic mass is 16.7. The molecule has 0 atom stereocenters. The van der Waals surface area contributed by atoms with Crippen molar-refractivity contribution in [3.05, 3.63) is 11.6 Å². The van der Waals surface area contributed by atoms with Crippen LogP contribution in [0.4, 0.5) is 0 Å². The molecule has 0 N–H and O–H groups in total. The summed E-state index contributed by atoms with van der Waals surface area (Å²) in [5.74, 6) is -0.0592. The highest BCUT2D eigenvalue weighted by Gasteiger charge is 2.08. The molecule has 0 aliphatic heterocycles. The molecule has 0 saturated heterocycles. The van der Waals surface area contributed by atoms with Crippen LogP contribution >= 0.6 is 0 Å². The van der Waals surface area contributed by atoms with Crippen LogP contribution in [0, 0.1) is 0 Å². The van der Waals surface area contributed by atoms with E-state index in [1.165, 1.54) is 44.3 Å². The second kappa shape index (κ2) is 9.40. The van der Waals surface area contributed by atoms with Gasteiger partial charge in [-0.25, -0.2) is 5.06 Å². The lowest BCUT2D eigenvalue weighted by Gasteiger charge is -2.13. The number of rotatable bonds is 8. The van der Waals surface area contributed by atoms with Crippen molar-refractivity contribution in [2.75, 3.05) is 14.2 Å². The Morgan fingerprint density at radius 1 is 1.25 bits per heavy atom. The van der Waals surface area contributed by atoms with E-state index in [9.17, 15) is 4.79 Å². The van der Waals surface area contributed by atoms with Gasteiger partial charge in [0.25, 0.3) is 5.91 Å². The summed E-state index contributed by atoms with van der Waals surface area (Å²) < 4.78 is 0. The molecule has 0 aromatic carbocycles. The van der Waals surface area contributed by atoms with Crippen LogP contribution in [0.25, 0.3) is 0 Å². The quantitative estimate of drug-likeness (QED) is 0.362. The molecule has 0 aromatic rings. The zero-order valence-electron chi connectivity index (χ0n) is 11.1. The number of carbonyl (C=O) groups is 1. The van der Waals surface area contributed by atoms with Crippen LogP contribution in [-0.2, 0) is 9.63 Å². The first kappa shape index (κ1) is 15.2. The molecule has 0 heterocycles. The maximum atomic E-state index is 11.6. The fourth-order valence-corrected chi connectivity index (χ4v) is 1.49. The van der Waals surface area contributed by atoms with Crippen molar-refractivity contribution in [3.63, 3.8) is 0 Å². The Morgan fingerprint density at radius 3 is 2.44 bits per heavy atom. The summed E-state index contributed by atoms with van der Waals surface area (Å²) >= 11 is 0. The molecule has 0 saturated carbocycles. The summed E-state index contributed by atoms with van der Waals surface area (Å²) in [6, 6.07) is 0. The average Bonchev–Trinajstić information content (AvgIpc) is 2.31. The van der Waals surface area contributed by atoms with E-state index in [1.807, 2.05) is 13.0 Å². The van der Waals surface area contributed by atoms with Gasteiger partial charge in [0.2, 0.25) is 0 Å². The standard InChI is InChI=1S/C13H25NO2/c1-5-6-7-8-9-10-11-12(2)13(15)14(3)16-4/h11H,5-10H2,1-4H3/b12-11-. The van der Waals surface area contributed by atoms with Crippen LogP contribution in [-0.4, -0.2) is 25.1 Å². The molecule has 3 nitrogen and oxygen atoms in total. The van der Waals surface area contributed by atoms with Gasteiger partial charge in [-0.15, -0.1) is 0 Å². The molecule has 0 aliphatic carbocycles. The molecule has 94 valence electrons. The van der Waals surface area contributed by atoms with Gasteiger partial charge in [-0.2, -0.15) is 0 Å². The Labute approximate surface area is 99.4 Å². The number of hydrogen-bond acceptors (Lipinski definition) is 2. The Balaban J connectivity index is 3.74. The summed E-state index contributed by atoms with van der Waals surface area (Å²) in [4.78, 5) is 16.4. The molecule has 0 bridgehead atoms. The predicted molar refractivity (Wildman–Crippen MR) is 66.9 cm³/mol. The van der Waals surface area contributed by atoms with E-state index in [-0.39, 0.29) is 5.91 Å². The first-order valence-electron chi connectivity index (χ1n) is 6.12. The van der Waals surface area contributed by atoms with Gasteiger partial charge in [-0.3, -0.25) is 9.63 Å². The fraction of sp³-hybridized carbons (Fsp3) is 0.769. The highest BCUT2D eigenvalue weighted by Crippen LogP contribution is 2.08. The lowest BCUT2D eigenvalue weighted by molar-refractivity contribution is -0.163. The van der Waals surface area contributed by atoms with E-state index in [4.69, 9.17) is 4.84 Å². The van der Waals surface area contributed by atoms with Crippen molar-refractivity contribution in [2.24, 2.45) is 0 Å². The van der Waals surface area contributed by atoms with Gasteiger partial charge in [0.05, 0.1) is 7.11 Å². The number of unbranched alkanes of at least 4 members (excludes halogenated alkanes) is 5. The number of carbonyl (C=O) groups excluding carboxylic acids is 1. The first-order chi connectivity index (χ1) is 7.63. The van der Waals surface area contributed by atoms with Crippen LogP contribution in [0.3, 0.4) is 0 Å². The predicted octanol–water partition coefficient (Wildman–Crippen LogP) is 3.31.